The standard InChI is InChI=1S/C15H19N3O3/c1-4-14(20)18-12-7-5-11(6-8-12)9-13(15(21)16-3)17-10(2)19/h4-8,13H,1,9H2,2-3H3,(H,16,21)(H,17,19)(H,18,20)/t13-/m0/s1. The summed E-state index contributed by atoms with van der Waals surface area (Å²) in [6, 6.07) is 6.41. The number of amides is 3. The number of carbonyl (C=O) groups excluding carboxylic acids is 3. The van der Waals surface area contributed by atoms with E-state index >= 15 is 0 Å². The van der Waals surface area contributed by atoms with E-state index in [1.807, 2.05) is 0 Å². The Kier molecular flexibility index (Phi) is 6.13. The van der Waals surface area contributed by atoms with Crippen LogP contribution in [0.5, 0.6) is 0 Å². The highest BCUT2D eigenvalue weighted by Gasteiger charge is 2.18. The van der Waals surface area contributed by atoms with E-state index < -0.39 is 6.04 Å². The summed E-state index contributed by atoms with van der Waals surface area (Å²) in [7, 11) is 1.52. The molecule has 6 heteroatoms. The van der Waals surface area contributed by atoms with Gasteiger partial charge in [0.1, 0.15) is 6.04 Å². The van der Waals surface area contributed by atoms with Gasteiger partial charge in [0.2, 0.25) is 17.7 Å². The highest BCUT2D eigenvalue weighted by molar-refractivity contribution is 5.98. The molecular weight excluding hydrogens is 270 g/mol. The summed E-state index contributed by atoms with van der Waals surface area (Å²) in [5.41, 5.74) is 1.51. The molecule has 6 nitrogen and oxygen atoms in total. The molecule has 1 aromatic rings. The molecular formula is C15H19N3O3. The van der Waals surface area contributed by atoms with Gasteiger partial charge in [-0.25, -0.2) is 0 Å². The predicted molar refractivity (Wildman–Crippen MR) is 80.6 cm³/mol. The van der Waals surface area contributed by atoms with Gasteiger partial charge in [0.15, 0.2) is 0 Å². The summed E-state index contributed by atoms with van der Waals surface area (Å²) in [6.45, 7) is 4.74. The van der Waals surface area contributed by atoms with Crippen molar-refractivity contribution in [1.82, 2.24) is 10.6 Å². The van der Waals surface area contributed by atoms with Gasteiger partial charge in [0, 0.05) is 26.1 Å². The zero-order chi connectivity index (χ0) is 15.8. The Morgan fingerprint density at radius 1 is 1.24 bits per heavy atom. The maximum atomic E-state index is 11.7. The molecule has 0 heterocycles. The van der Waals surface area contributed by atoms with Crippen LogP contribution in [0.3, 0.4) is 0 Å². The lowest BCUT2D eigenvalue weighted by atomic mass is 10.0. The van der Waals surface area contributed by atoms with E-state index in [1.54, 1.807) is 24.3 Å². The SMILES string of the molecule is C=CC(=O)Nc1ccc(C[C@H](NC(C)=O)C(=O)NC)cc1. The Morgan fingerprint density at radius 3 is 2.33 bits per heavy atom. The highest BCUT2D eigenvalue weighted by Crippen LogP contribution is 2.11. The summed E-state index contributed by atoms with van der Waals surface area (Å²) < 4.78 is 0. The topological polar surface area (TPSA) is 87.3 Å². The third-order valence-corrected chi connectivity index (χ3v) is 2.79. The van der Waals surface area contributed by atoms with Crippen molar-refractivity contribution in [2.75, 3.05) is 12.4 Å². The Bertz CT molecular complexity index is 538. The lowest BCUT2D eigenvalue weighted by molar-refractivity contribution is -0.127. The molecule has 1 rings (SSSR count). The number of anilines is 1. The van der Waals surface area contributed by atoms with Crippen molar-refractivity contribution in [3.63, 3.8) is 0 Å². The van der Waals surface area contributed by atoms with Gasteiger partial charge in [0.25, 0.3) is 0 Å². The van der Waals surface area contributed by atoms with Crippen molar-refractivity contribution in [3.05, 3.63) is 42.5 Å². The summed E-state index contributed by atoms with van der Waals surface area (Å²) in [6.07, 6.45) is 1.56. The molecule has 0 radical (unpaired) electrons. The number of likely N-dealkylation sites (N-methyl/N-ethyl adjacent to an activating group) is 1. The predicted octanol–water partition coefficient (Wildman–Crippen LogP) is 0.604. The third-order valence-electron chi connectivity index (χ3n) is 2.79. The van der Waals surface area contributed by atoms with Gasteiger partial charge in [-0.2, -0.15) is 0 Å². The Balaban J connectivity index is 2.75. The van der Waals surface area contributed by atoms with Gasteiger partial charge in [0.05, 0.1) is 0 Å². The number of benzene rings is 1. The largest absolute Gasteiger partial charge is 0.357 e. The van der Waals surface area contributed by atoms with E-state index in [4.69, 9.17) is 0 Å². The summed E-state index contributed by atoms with van der Waals surface area (Å²) in [5.74, 6) is -0.808. The molecule has 0 aliphatic carbocycles. The molecule has 0 aliphatic rings. The maximum Gasteiger partial charge on any atom is 0.247 e. The first-order chi connectivity index (χ1) is 9.96. The number of carbonyl (C=O) groups is 3. The van der Waals surface area contributed by atoms with Crippen molar-refractivity contribution in [1.29, 1.82) is 0 Å². The zero-order valence-corrected chi connectivity index (χ0v) is 12.1. The molecule has 21 heavy (non-hydrogen) atoms. The smallest absolute Gasteiger partial charge is 0.247 e. The minimum Gasteiger partial charge on any atom is -0.357 e. The minimum absolute atomic E-state index is 0.255. The summed E-state index contributed by atoms with van der Waals surface area (Å²) in [4.78, 5) is 34.0. The summed E-state index contributed by atoms with van der Waals surface area (Å²) >= 11 is 0. The normalized spacial score (nSPS) is 11.1. The van der Waals surface area contributed by atoms with Crippen LogP contribution in [-0.2, 0) is 20.8 Å². The highest BCUT2D eigenvalue weighted by atomic mass is 16.2. The average Bonchev–Trinajstić information content (AvgIpc) is 2.47. The molecule has 0 unspecified atom stereocenters. The molecule has 3 amide bonds. The van der Waals surface area contributed by atoms with Gasteiger partial charge in [-0.3, -0.25) is 14.4 Å². The lowest BCUT2D eigenvalue weighted by Crippen LogP contribution is -2.46. The summed E-state index contributed by atoms with van der Waals surface area (Å²) in [5, 5.41) is 7.75. The van der Waals surface area contributed by atoms with Gasteiger partial charge in [-0.15, -0.1) is 0 Å². The third kappa shape index (κ3) is 5.48. The van der Waals surface area contributed by atoms with Gasteiger partial charge >= 0.3 is 0 Å². The average molecular weight is 289 g/mol. The van der Waals surface area contributed by atoms with E-state index in [0.717, 1.165) is 5.56 Å². The van der Waals surface area contributed by atoms with Crippen molar-refractivity contribution >= 4 is 23.4 Å². The van der Waals surface area contributed by atoms with E-state index in [-0.39, 0.29) is 17.7 Å². The van der Waals surface area contributed by atoms with Crippen LogP contribution in [0.25, 0.3) is 0 Å². The van der Waals surface area contributed by atoms with E-state index in [2.05, 4.69) is 22.5 Å². The number of hydrogen-bond acceptors (Lipinski definition) is 3. The fraction of sp³-hybridized carbons (Fsp3) is 0.267. The molecule has 0 fully saturated rings. The van der Waals surface area contributed by atoms with Gasteiger partial charge < -0.3 is 16.0 Å². The second-order valence-corrected chi connectivity index (χ2v) is 4.46. The van der Waals surface area contributed by atoms with E-state index in [0.29, 0.717) is 12.1 Å². The molecule has 0 saturated carbocycles. The van der Waals surface area contributed by atoms with Crippen LogP contribution in [-0.4, -0.2) is 30.8 Å². The van der Waals surface area contributed by atoms with Crippen LogP contribution < -0.4 is 16.0 Å². The van der Waals surface area contributed by atoms with Crippen molar-refractivity contribution < 1.29 is 14.4 Å². The second kappa shape index (κ2) is 7.84. The van der Waals surface area contributed by atoms with Crippen molar-refractivity contribution in [2.24, 2.45) is 0 Å². The van der Waals surface area contributed by atoms with Crippen LogP contribution in [0.2, 0.25) is 0 Å². The van der Waals surface area contributed by atoms with Gasteiger partial charge in [-0.1, -0.05) is 18.7 Å². The molecule has 3 N–H and O–H groups in total. The molecule has 1 aromatic carbocycles. The Morgan fingerprint density at radius 2 is 1.86 bits per heavy atom. The zero-order valence-electron chi connectivity index (χ0n) is 12.1. The minimum atomic E-state index is -0.624. The molecule has 0 spiro atoms. The first-order valence-corrected chi connectivity index (χ1v) is 6.47. The van der Waals surface area contributed by atoms with Gasteiger partial charge in [-0.05, 0) is 23.8 Å². The first kappa shape index (κ1) is 16.4. The van der Waals surface area contributed by atoms with Crippen LogP contribution >= 0.6 is 0 Å². The van der Waals surface area contributed by atoms with E-state index in [9.17, 15) is 14.4 Å². The van der Waals surface area contributed by atoms with Crippen molar-refractivity contribution in [2.45, 2.75) is 19.4 Å². The van der Waals surface area contributed by atoms with Crippen LogP contribution in [0.15, 0.2) is 36.9 Å². The number of rotatable bonds is 6. The second-order valence-electron chi connectivity index (χ2n) is 4.46. The molecule has 0 aliphatic heterocycles. The molecule has 0 saturated heterocycles. The Hall–Kier alpha value is -2.63. The maximum absolute atomic E-state index is 11.7. The van der Waals surface area contributed by atoms with E-state index in [1.165, 1.54) is 20.0 Å². The fourth-order valence-electron chi connectivity index (χ4n) is 1.78. The monoisotopic (exact) mass is 289 g/mol. The number of hydrogen-bond donors (Lipinski definition) is 3. The lowest BCUT2D eigenvalue weighted by Gasteiger charge is -2.16. The van der Waals surface area contributed by atoms with Crippen LogP contribution in [0.4, 0.5) is 5.69 Å². The molecule has 112 valence electrons. The van der Waals surface area contributed by atoms with Crippen LogP contribution in [0.1, 0.15) is 12.5 Å². The number of nitrogens with one attached hydrogen (secondary N) is 3. The molecule has 1 atom stereocenters. The van der Waals surface area contributed by atoms with Crippen molar-refractivity contribution in [3.8, 4) is 0 Å². The molecule has 0 aromatic heterocycles. The Labute approximate surface area is 123 Å². The first-order valence-electron chi connectivity index (χ1n) is 6.47. The fourth-order valence-corrected chi connectivity index (χ4v) is 1.78. The van der Waals surface area contributed by atoms with Crippen LogP contribution in [0, 0.1) is 0 Å². The molecule has 0 bridgehead atoms. The quantitative estimate of drug-likeness (QED) is 0.670.